The number of fused-ring (bicyclic) bond motifs is 5. The van der Waals surface area contributed by atoms with Crippen LogP contribution in [0.25, 0.3) is 11.8 Å². The zero-order valence-corrected chi connectivity index (χ0v) is 21.6. The molecule has 0 bridgehead atoms. The van der Waals surface area contributed by atoms with Crippen LogP contribution in [0.15, 0.2) is 24.3 Å². The summed E-state index contributed by atoms with van der Waals surface area (Å²) in [5.74, 6) is 2.32. The molecular weight excluding hydrogens is 518 g/mol. The Kier molecular flexibility index (Phi) is 5.68. The molecule has 1 atom stereocenters. The zero-order valence-electron chi connectivity index (χ0n) is 18.6. The van der Waals surface area contributed by atoms with Crippen molar-refractivity contribution >= 4 is 63.9 Å². The second kappa shape index (κ2) is 8.48. The molecule has 0 aromatic heterocycles. The van der Waals surface area contributed by atoms with Gasteiger partial charge in [0.25, 0.3) is 0 Å². The van der Waals surface area contributed by atoms with Crippen LogP contribution >= 0.6 is 46.4 Å². The molecular formula is C25H24Cl4N2O3. The molecule has 0 aliphatic carbocycles. The SMILES string of the molecule is COc1ccc2c(c1N1CCC(Cl)CC1)C(C(Cl)(Cl)Cl)N1CCc3cc4c(cc3C1=C2)OCO4. The lowest BCUT2D eigenvalue weighted by Gasteiger charge is -2.47. The summed E-state index contributed by atoms with van der Waals surface area (Å²) in [4.78, 5) is 4.55. The van der Waals surface area contributed by atoms with Gasteiger partial charge < -0.3 is 24.0 Å². The Morgan fingerprint density at radius 2 is 1.76 bits per heavy atom. The van der Waals surface area contributed by atoms with Crippen molar-refractivity contribution in [3.05, 3.63) is 46.5 Å². The first-order chi connectivity index (χ1) is 16.3. The van der Waals surface area contributed by atoms with Gasteiger partial charge in [-0.2, -0.15) is 0 Å². The molecule has 0 amide bonds. The fraction of sp³-hybridized carbons (Fsp3) is 0.440. The minimum Gasteiger partial charge on any atom is -0.495 e. The van der Waals surface area contributed by atoms with Gasteiger partial charge in [-0.1, -0.05) is 40.9 Å². The Bertz CT molecular complexity index is 1170. The van der Waals surface area contributed by atoms with Gasteiger partial charge in [0.2, 0.25) is 10.6 Å². The number of rotatable bonds is 2. The van der Waals surface area contributed by atoms with E-state index in [-0.39, 0.29) is 12.2 Å². The van der Waals surface area contributed by atoms with E-state index in [9.17, 15) is 0 Å². The number of anilines is 1. The van der Waals surface area contributed by atoms with E-state index < -0.39 is 9.83 Å². The van der Waals surface area contributed by atoms with Crippen LogP contribution in [0.4, 0.5) is 5.69 Å². The topological polar surface area (TPSA) is 34.2 Å². The highest BCUT2D eigenvalue weighted by atomic mass is 35.6. The predicted molar refractivity (Wildman–Crippen MR) is 138 cm³/mol. The van der Waals surface area contributed by atoms with Crippen LogP contribution in [-0.2, 0) is 6.42 Å². The normalized spacial score (nSPS) is 21.6. The van der Waals surface area contributed by atoms with E-state index in [0.29, 0.717) is 0 Å². The van der Waals surface area contributed by atoms with Crippen LogP contribution in [0, 0.1) is 0 Å². The van der Waals surface area contributed by atoms with Gasteiger partial charge in [-0.25, -0.2) is 0 Å². The molecule has 6 rings (SSSR count). The smallest absolute Gasteiger partial charge is 0.231 e. The summed E-state index contributed by atoms with van der Waals surface area (Å²) in [5, 5.41) is 0.184. The average molecular weight is 542 g/mol. The Labute approximate surface area is 219 Å². The third-order valence-electron chi connectivity index (χ3n) is 7.17. The van der Waals surface area contributed by atoms with E-state index in [1.807, 2.05) is 12.1 Å². The fourth-order valence-electron chi connectivity index (χ4n) is 5.60. The van der Waals surface area contributed by atoms with Crippen LogP contribution in [0.5, 0.6) is 17.2 Å². The molecule has 0 saturated carbocycles. The van der Waals surface area contributed by atoms with Crippen molar-refractivity contribution in [2.75, 3.05) is 38.4 Å². The van der Waals surface area contributed by atoms with Gasteiger partial charge >= 0.3 is 0 Å². The highest BCUT2D eigenvalue weighted by molar-refractivity contribution is 6.68. The molecule has 34 heavy (non-hydrogen) atoms. The van der Waals surface area contributed by atoms with Crippen molar-refractivity contribution in [2.24, 2.45) is 0 Å². The quantitative estimate of drug-likeness (QED) is 0.410. The molecule has 180 valence electrons. The van der Waals surface area contributed by atoms with Crippen LogP contribution in [0.3, 0.4) is 0 Å². The summed E-state index contributed by atoms with van der Waals surface area (Å²) < 4.78 is 15.5. The van der Waals surface area contributed by atoms with E-state index in [4.69, 9.17) is 60.6 Å². The lowest BCUT2D eigenvalue weighted by Crippen LogP contribution is -2.43. The van der Waals surface area contributed by atoms with Gasteiger partial charge in [0, 0.05) is 41.8 Å². The summed E-state index contributed by atoms with van der Waals surface area (Å²) >= 11 is 26.6. The maximum Gasteiger partial charge on any atom is 0.231 e. The number of alkyl halides is 4. The number of methoxy groups -OCH3 is 1. The summed E-state index contributed by atoms with van der Waals surface area (Å²) in [6.07, 6.45) is 4.81. The molecule has 4 heterocycles. The van der Waals surface area contributed by atoms with E-state index in [0.717, 1.165) is 84.2 Å². The van der Waals surface area contributed by atoms with Gasteiger partial charge in [0.1, 0.15) is 11.8 Å². The number of halogens is 4. The second-order valence-electron chi connectivity index (χ2n) is 9.06. The van der Waals surface area contributed by atoms with Gasteiger partial charge in [-0.3, -0.25) is 0 Å². The molecule has 5 nitrogen and oxygen atoms in total. The lowest BCUT2D eigenvalue weighted by atomic mass is 9.85. The molecule has 1 fully saturated rings. The van der Waals surface area contributed by atoms with Crippen molar-refractivity contribution in [1.29, 1.82) is 0 Å². The Hall–Kier alpha value is -1.66. The van der Waals surface area contributed by atoms with Crippen LogP contribution in [0.1, 0.15) is 41.1 Å². The van der Waals surface area contributed by atoms with Gasteiger partial charge in [0.15, 0.2) is 11.5 Å². The molecule has 1 unspecified atom stereocenters. The number of hydrogen-bond acceptors (Lipinski definition) is 5. The number of hydrogen-bond donors (Lipinski definition) is 0. The summed E-state index contributed by atoms with van der Waals surface area (Å²) in [7, 11) is 1.69. The van der Waals surface area contributed by atoms with E-state index >= 15 is 0 Å². The molecule has 0 radical (unpaired) electrons. The second-order valence-corrected chi connectivity index (χ2v) is 12.0. The molecule has 4 aliphatic heterocycles. The predicted octanol–water partition coefficient (Wildman–Crippen LogP) is 6.41. The van der Waals surface area contributed by atoms with E-state index in [1.54, 1.807) is 7.11 Å². The van der Waals surface area contributed by atoms with Crippen molar-refractivity contribution in [2.45, 2.75) is 34.5 Å². The van der Waals surface area contributed by atoms with Crippen molar-refractivity contribution < 1.29 is 14.2 Å². The van der Waals surface area contributed by atoms with Crippen LogP contribution < -0.4 is 19.1 Å². The van der Waals surface area contributed by atoms with E-state index in [2.05, 4.69) is 28.0 Å². The summed E-state index contributed by atoms with van der Waals surface area (Å²) in [6, 6.07) is 7.70. The maximum absolute atomic E-state index is 6.75. The Morgan fingerprint density at radius 1 is 1.03 bits per heavy atom. The van der Waals surface area contributed by atoms with Gasteiger partial charge in [-0.05, 0) is 54.7 Å². The van der Waals surface area contributed by atoms with Crippen molar-refractivity contribution in [3.8, 4) is 17.2 Å². The third kappa shape index (κ3) is 3.67. The number of nitrogens with zero attached hydrogens (tertiary/aromatic N) is 2. The highest BCUT2D eigenvalue weighted by Gasteiger charge is 2.46. The van der Waals surface area contributed by atoms with Crippen LogP contribution in [-0.4, -0.2) is 47.6 Å². The summed E-state index contributed by atoms with van der Waals surface area (Å²) in [5.41, 5.74) is 6.32. The monoisotopic (exact) mass is 540 g/mol. The fourth-order valence-corrected chi connectivity index (χ4v) is 6.47. The largest absolute Gasteiger partial charge is 0.495 e. The Balaban J connectivity index is 1.55. The molecule has 0 spiro atoms. The highest BCUT2D eigenvalue weighted by Crippen LogP contribution is 2.56. The minimum atomic E-state index is -1.56. The standard InChI is InChI=1S/C25H24Cl4N2O3/c1-32-19-3-2-15-10-18-17-12-21-20(33-13-34-21)11-14(17)4-9-31(18)24(25(27,28)29)22(15)23(19)30-7-5-16(26)6-8-30/h2-3,10-12,16,24H,4-9,13H2,1H3. The maximum atomic E-state index is 6.75. The van der Waals surface area contributed by atoms with Crippen molar-refractivity contribution in [1.82, 2.24) is 4.90 Å². The molecule has 2 aromatic rings. The van der Waals surface area contributed by atoms with Gasteiger partial charge in [0.05, 0.1) is 12.8 Å². The first kappa shape index (κ1) is 22.8. The first-order valence-corrected chi connectivity index (χ1v) is 13.0. The minimum absolute atomic E-state index is 0.184. The molecule has 1 saturated heterocycles. The van der Waals surface area contributed by atoms with Gasteiger partial charge in [-0.15, -0.1) is 11.6 Å². The summed E-state index contributed by atoms with van der Waals surface area (Å²) in [6.45, 7) is 2.62. The Morgan fingerprint density at radius 3 is 2.47 bits per heavy atom. The van der Waals surface area contributed by atoms with E-state index in [1.165, 1.54) is 5.56 Å². The lowest BCUT2D eigenvalue weighted by molar-refractivity contribution is 0.174. The molecule has 9 heteroatoms. The third-order valence-corrected chi connectivity index (χ3v) is 8.22. The number of ether oxygens (including phenoxy) is 3. The first-order valence-electron chi connectivity index (χ1n) is 11.4. The van der Waals surface area contributed by atoms with Crippen LogP contribution in [0.2, 0.25) is 0 Å². The number of piperidine rings is 1. The average Bonchev–Trinajstić information content (AvgIpc) is 3.28. The number of benzene rings is 2. The van der Waals surface area contributed by atoms with Crippen molar-refractivity contribution in [3.63, 3.8) is 0 Å². The molecule has 4 aliphatic rings. The zero-order chi connectivity index (χ0) is 23.6. The molecule has 0 N–H and O–H groups in total. The molecule has 2 aromatic carbocycles.